The molecule has 0 unspecified atom stereocenters. The number of aromatic nitrogens is 5. The maximum absolute atomic E-state index is 13.4. The van der Waals surface area contributed by atoms with Crippen molar-refractivity contribution in [2.75, 3.05) is 0 Å². The van der Waals surface area contributed by atoms with E-state index in [0.717, 1.165) is 12.3 Å². The van der Waals surface area contributed by atoms with E-state index in [2.05, 4.69) is 20.1 Å². The number of carbonyl (C=O) groups is 1. The van der Waals surface area contributed by atoms with Crippen LogP contribution >= 0.6 is 0 Å². The second kappa shape index (κ2) is 6.67. The predicted octanol–water partition coefficient (Wildman–Crippen LogP) is 2.88. The summed E-state index contributed by atoms with van der Waals surface area (Å²) >= 11 is 0. The summed E-state index contributed by atoms with van der Waals surface area (Å²) in [5, 5.41) is 3.99. The van der Waals surface area contributed by atoms with Gasteiger partial charge in [-0.25, -0.2) is 13.9 Å². The lowest BCUT2D eigenvalue weighted by Gasteiger charge is -2.08. The van der Waals surface area contributed by atoms with Crippen LogP contribution in [0.15, 0.2) is 61.4 Å². The minimum atomic E-state index is -0.588. The maximum Gasteiger partial charge on any atom is 0.172 e. The highest BCUT2D eigenvalue weighted by Crippen LogP contribution is 2.24. The maximum atomic E-state index is 13.4. The van der Waals surface area contributed by atoms with Gasteiger partial charge >= 0.3 is 0 Å². The Morgan fingerprint density at radius 3 is 3.04 bits per heavy atom. The number of pyridine rings is 3. The molecule has 0 aromatic carbocycles. The van der Waals surface area contributed by atoms with Crippen LogP contribution < -0.4 is 4.74 Å². The number of halogens is 1. The molecule has 4 rings (SSSR count). The van der Waals surface area contributed by atoms with Crippen LogP contribution in [0.1, 0.15) is 21.5 Å². The van der Waals surface area contributed by atoms with E-state index in [9.17, 15) is 9.18 Å². The van der Waals surface area contributed by atoms with Gasteiger partial charge in [0.15, 0.2) is 11.4 Å². The number of ether oxygens (including phenoxy) is 1. The van der Waals surface area contributed by atoms with Crippen LogP contribution in [0.5, 0.6) is 11.5 Å². The Balaban J connectivity index is 1.71. The number of rotatable bonds is 5. The highest BCUT2D eigenvalue weighted by molar-refractivity contribution is 6.02. The summed E-state index contributed by atoms with van der Waals surface area (Å²) in [4.78, 5) is 24.5. The lowest BCUT2D eigenvalue weighted by atomic mass is 10.1. The van der Waals surface area contributed by atoms with Gasteiger partial charge < -0.3 is 4.74 Å². The molecule has 0 spiro atoms. The van der Waals surface area contributed by atoms with Crippen molar-refractivity contribution in [2.24, 2.45) is 0 Å². The Kier molecular flexibility index (Phi) is 3.03. The molecule has 4 aromatic heterocycles. The largest absolute Gasteiger partial charge is 0.454 e. The molecular weight excluding hydrogens is 337 g/mol. The fourth-order valence-electron chi connectivity index (χ4n) is 2.33. The van der Waals surface area contributed by atoms with Crippen molar-refractivity contribution in [3.8, 4) is 11.5 Å². The first-order valence-corrected chi connectivity index (χ1v) is 7.41. The molecule has 0 saturated carbocycles. The fraction of sp³-hybridized carbons (Fsp3) is 0.0556. The topological polar surface area (TPSA) is 82.3 Å². The van der Waals surface area contributed by atoms with E-state index in [1.807, 2.05) is 0 Å². The van der Waals surface area contributed by atoms with Gasteiger partial charge in [-0.15, -0.1) is 0 Å². The SMILES string of the molecule is [2H]c1nc(CC(=O)c2cc(Oc3cncc(F)c3)cn3ncnc23)c([2H])c([2H])c1[2H]. The first-order valence-electron chi connectivity index (χ1n) is 9.41. The second-order valence-corrected chi connectivity index (χ2v) is 5.20. The normalized spacial score (nSPS) is 13.0. The zero-order valence-corrected chi connectivity index (χ0v) is 13.1. The summed E-state index contributed by atoms with van der Waals surface area (Å²) in [5.41, 5.74) is 0.235. The van der Waals surface area contributed by atoms with Gasteiger partial charge in [-0.05, 0) is 18.2 Å². The van der Waals surface area contributed by atoms with E-state index in [0.29, 0.717) is 0 Å². The zero-order valence-electron chi connectivity index (χ0n) is 17.1. The van der Waals surface area contributed by atoms with Gasteiger partial charge in [0.25, 0.3) is 0 Å². The number of fused-ring (bicyclic) bond motifs is 1. The highest BCUT2D eigenvalue weighted by Gasteiger charge is 2.16. The quantitative estimate of drug-likeness (QED) is 0.513. The van der Waals surface area contributed by atoms with Crippen molar-refractivity contribution in [1.29, 1.82) is 0 Å². The summed E-state index contributed by atoms with van der Waals surface area (Å²) < 4.78 is 51.1. The van der Waals surface area contributed by atoms with Crippen LogP contribution in [-0.2, 0) is 6.42 Å². The third-order valence-electron chi connectivity index (χ3n) is 3.41. The Hall–Kier alpha value is -3.68. The van der Waals surface area contributed by atoms with Crippen LogP contribution in [0.25, 0.3) is 5.65 Å². The number of Topliss-reactive ketones (excluding diaryl/α,β-unsaturated/α-hetero) is 1. The van der Waals surface area contributed by atoms with Gasteiger partial charge in [-0.3, -0.25) is 14.8 Å². The average molecular weight is 353 g/mol. The Labute approximate surface area is 152 Å². The molecule has 0 N–H and O–H groups in total. The van der Waals surface area contributed by atoms with Crippen molar-refractivity contribution in [1.82, 2.24) is 24.6 Å². The van der Waals surface area contributed by atoms with Gasteiger partial charge in [-0.2, -0.15) is 5.10 Å². The number of hydrogen-bond donors (Lipinski definition) is 0. The van der Waals surface area contributed by atoms with Crippen LogP contribution in [0.2, 0.25) is 0 Å². The molecule has 0 saturated heterocycles. The Morgan fingerprint density at radius 1 is 1.23 bits per heavy atom. The van der Waals surface area contributed by atoms with Gasteiger partial charge in [0.2, 0.25) is 0 Å². The predicted molar refractivity (Wildman–Crippen MR) is 89.5 cm³/mol. The fourth-order valence-corrected chi connectivity index (χ4v) is 2.33. The van der Waals surface area contributed by atoms with Crippen LogP contribution in [-0.4, -0.2) is 30.3 Å². The summed E-state index contributed by atoms with van der Waals surface area (Å²) in [6.45, 7) is 0. The summed E-state index contributed by atoms with van der Waals surface area (Å²) in [5.74, 6) is -0.804. The third kappa shape index (κ3) is 3.25. The minimum absolute atomic E-state index is 0.0932. The first kappa shape index (κ1) is 11.8. The lowest BCUT2D eigenvalue weighted by molar-refractivity contribution is 0.0992. The number of carbonyl (C=O) groups excluding carboxylic acids is 1. The average Bonchev–Trinajstić information content (AvgIpc) is 3.18. The van der Waals surface area contributed by atoms with Crippen molar-refractivity contribution >= 4 is 11.4 Å². The Morgan fingerprint density at radius 2 is 2.15 bits per heavy atom. The van der Waals surface area contributed by atoms with Gasteiger partial charge in [0.05, 0.1) is 36.1 Å². The van der Waals surface area contributed by atoms with Crippen molar-refractivity contribution in [2.45, 2.75) is 6.42 Å². The monoisotopic (exact) mass is 353 g/mol. The molecule has 0 aliphatic rings. The lowest BCUT2D eigenvalue weighted by Crippen LogP contribution is -2.08. The van der Waals surface area contributed by atoms with E-state index < -0.39 is 29.9 Å². The van der Waals surface area contributed by atoms with E-state index in [4.69, 9.17) is 10.2 Å². The number of ketones is 1. The molecule has 0 amide bonds. The molecule has 0 atom stereocenters. The van der Waals surface area contributed by atoms with E-state index in [-0.39, 0.29) is 40.9 Å². The van der Waals surface area contributed by atoms with E-state index in [1.165, 1.54) is 29.3 Å². The summed E-state index contributed by atoms with van der Waals surface area (Å²) in [6, 6.07) is 1.18. The first-order chi connectivity index (χ1) is 14.3. The summed E-state index contributed by atoms with van der Waals surface area (Å²) in [6.07, 6.45) is 4.16. The minimum Gasteiger partial charge on any atom is -0.454 e. The van der Waals surface area contributed by atoms with Crippen molar-refractivity contribution in [3.63, 3.8) is 0 Å². The third-order valence-corrected chi connectivity index (χ3v) is 3.41. The molecule has 0 radical (unpaired) electrons. The van der Waals surface area contributed by atoms with Crippen molar-refractivity contribution < 1.29 is 19.4 Å². The zero-order chi connectivity index (χ0) is 21.4. The molecule has 4 heterocycles. The standard InChI is InChI=1S/C18H12FN5O2/c19-12-5-14(9-20-8-12)26-15-7-16(18-22-11-23-24(18)10-15)17(25)6-13-3-1-2-4-21-13/h1-5,7-11H,6H2/i1D,2D,3D,4D. The molecule has 26 heavy (non-hydrogen) atoms. The molecular formula is C18H12FN5O2. The van der Waals surface area contributed by atoms with E-state index >= 15 is 0 Å². The number of nitrogens with zero attached hydrogens (tertiary/aromatic N) is 5. The van der Waals surface area contributed by atoms with Gasteiger partial charge in [0.1, 0.15) is 23.6 Å². The molecule has 0 aliphatic carbocycles. The smallest absolute Gasteiger partial charge is 0.172 e. The summed E-state index contributed by atoms with van der Waals surface area (Å²) in [7, 11) is 0. The highest BCUT2D eigenvalue weighted by atomic mass is 19.1. The molecule has 8 heteroatoms. The van der Waals surface area contributed by atoms with Gasteiger partial charge in [0, 0.05) is 17.9 Å². The Bertz CT molecular complexity index is 1300. The second-order valence-electron chi connectivity index (χ2n) is 5.20. The van der Waals surface area contributed by atoms with Crippen LogP contribution in [0.4, 0.5) is 4.39 Å². The molecule has 0 bridgehead atoms. The molecule has 7 nitrogen and oxygen atoms in total. The van der Waals surface area contributed by atoms with Crippen molar-refractivity contribution in [3.05, 3.63) is 78.4 Å². The molecule has 128 valence electrons. The van der Waals surface area contributed by atoms with Crippen LogP contribution in [0, 0.1) is 5.82 Å². The van der Waals surface area contributed by atoms with Crippen LogP contribution in [0.3, 0.4) is 0 Å². The number of hydrogen-bond acceptors (Lipinski definition) is 6. The van der Waals surface area contributed by atoms with Gasteiger partial charge in [-0.1, -0.05) is 6.04 Å². The molecule has 4 aromatic rings. The molecule has 0 aliphatic heterocycles. The van der Waals surface area contributed by atoms with E-state index in [1.54, 1.807) is 0 Å². The molecule has 0 fully saturated rings.